The fourth-order valence-corrected chi connectivity index (χ4v) is 2.26. The van der Waals surface area contributed by atoms with Crippen molar-refractivity contribution >= 4 is 6.09 Å². The normalized spacial score (nSPS) is 17.6. The third-order valence-electron chi connectivity index (χ3n) is 3.09. The van der Waals surface area contributed by atoms with Crippen LogP contribution in [0.1, 0.15) is 59.3 Å². The maximum absolute atomic E-state index is 11.8. The molecule has 4 heteroatoms. The van der Waals surface area contributed by atoms with Crippen molar-refractivity contribution in [1.82, 2.24) is 5.32 Å². The second-order valence-corrected chi connectivity index (χ2v) is 6.17. The standard InChI is InChI=1S/C15H27NO3/c1-15(2,3)19-14(18)16-13(9-10-17)11-12-7-5-4-6-8-12/h7,13,17H,4-6,8-11H2,1-3H3,(H,16,18)/t13-/m1/s1. The molecule has 1 amide bonds. The zero-order valence-corrected chi connectivity index (χ0v) is 12.4. The molecule has 0 aromatic heterocycles. The summed E-state index contributed by atoms with van der Waals surface area (Å²) < 4.78 is 5.25. The third kappa shape index (κ3) is 7.21. The summed E-state index contributed by atoms with van der Waals surface area (Å²) in [6.07, 6.45) is 7.98. The van der Waals surface area contributed by atoms with E-state index in [-0.39, 0.29) is 12.6 Å². The van der Waals surface area contributed by atoms with Gasteiger partial charge < -0.3 is 15.2 Å². The quantitative estimate of drug-likeness (QED) is 0.754. The summed E-state index contributed by atoms with van der Waals surface area (Å²) in [5.74, 6) is 0. The summed E-state index contributed by atoms with van der Waals surface area (Å²) in [5.41, 5.74) is 0.901. The number of ether oxygens (including phenoxy) is 1. The summed E-state index contributed by atoms with van der Waals surface area (Å²) in [4.78, 5) is 11.8. The highest BCUT2D eigenvalue weighted by Gasteiger charge is 2.20. The molecule has 1 aliphatic carbocycles. The van der Waals surface area contributed by atoms with Gasteiger partial charge in [0, 0.05) is 12.6 Å². The molecule has 1 atom stereocenters. The van der Waals surface area contributed by atoms with Crippen LogP contribution in [0.3, 0.4) is 0 Å². The van der Waals surface area contributed by atoms with Crippen LogP contribution in [-0.2, 0) is 4.74 Å². The average molecular weight is 269 g/mol. The number of nitrogens with one attached hydrogen (secondary N) is 1. The van der Waals surface area contributed by atoms with E-state index >= 15 is 0 Å². The van der Waals surface area contributed by atoms with Crippen LogP contribution in [0.25, 0.3) is 0 Å². The Labute approximate surface area is 116 Å². The molecule has 0 unspecified atom stereocenters. The first-order valence-electron chi connectivity index (χ1n) is 7.19. The number of hydrogen-bond acceptors (Lipinski definition) is 3. The van der Waals surface area contributed by atoms with Crippen LogP contribution in [-0.4, -0.2) is 29.4 Å². The van der Waals surface area contributed by atoms with Crippen LogP contribution in [0.2, 0.25) is 0 Å². The van der Waals surface area contributed by atoms with E-state index in [1.807, 2.05) is 20.8 Å². The molecule has 4 nitrogen and oxygen atoms in total. The first kappa shape index (κ1) is 16.0. The summed E-state index contributed by atoms with van der Waals surface area (Å²) in [6.45, 7) is 5.61. The molecular formula is C15H27NO3. The SMILES string of the molecule is CC(C)(C)OC(=O)N[C@H](CCO)CC1=CCCCC1. The maximum atomic E-state index is 11.8. The molecule has 0 heterocycles. The molecule has 0 saturated heterocycles. The number of hydrogen-bond donors (Lipinski definition) is 2. The van der Waals surface area contributed by atoms with E-state index in [2.05, 4.69) is 11.4 Å². The van der Waals surface area contributed by atoms with Gasteiger partial charge in [0.05, 0.1) is 0 Å². The van der Waals surface area contributed by atoms with Gasteiger partial charge in [0.25, 0.3) is 0 Å². The first-order valence-corrected chi connectivity index (χ1v) is 7.19. The van der Waals surface area contributed by atoms with Crippen molar-refractivity contribution in [2.75, 3.05) is 6.61 Å². The minimum absolute atomic E-state index is 0.0378. The predicted molar refractivity (Wildman–Crippen MR) is 76.0 cm³/mol. The molecule has 1 rings (SSSR count). The Hall–Kier alpha value is -1.03. The molecule has 0 aromatic rings. The lowest BCUT2D eigenvalue weighted by molar-refractivity contribution is 0.0497. The molecule has 0 bridgehead atoms. The number of carbonyl (C=O) groups is 1. The number of amides is 1. The molecule has 1 aliphatic rings. The second kappa shape index (κ2) is 7.53. The van der Waals surface area contributed by atoms with Crippen LogP contribution in [0.5, 0.6) is 0 Å². The van der Waals surface area contributed by atoms with Crippen LogP contribution >= 0.6 is 0 Å². The predicted octanol–water partition coefficient (Wildman–Crippen LogP) is 3.15. The molecule has 0 fully saturated rings. The lowest BCUT2D eigenvalue weighted by atomic mass is 9.93. The van der Waals surface area contributed by atoms with Gasteiger partial charge in [-0.2, -0.15) is 0 Å². The molecule has 0 aromatic carbocycles. The smallest absolute Gasteiger partial charge is 0.407 e. The summed E-state index contributed by atoms with van der Waals surface area (Å²) in [5, 5.41) is 12.0. The molecule has 0 saturated carbocycles. The van der Waals surface area contributed by atoms with Crippen molar-refractivity contribution in [2.45, 2.75) is 70.9 Å². The van der Waals surface area contributed by atoms with Gasteiger partial charge in [0.1, 0.15) is 5.60 Å². The van der Waals surface area contributed by atoms with E-state index in [0.29, 0.717) is 6.42 Å². The van der Waals surface area contributed by atoms with E-state index in [1.54, 1.807) is 0 Å². The summed E-state index contributed by atoms with van der Waals surface area (Å²) in [7, 11) is 0. The number of rotatable bonds is 5. The number of aliphatic hydroxyl groups excluding tert-OH is 1. The second-order valence-electron chi connectivity index (χ2n) is 6.17. The zero-order chi connectivity index (χ0) is 14.3. The third-order valence-corrected chi connectivity index (χ3v) is 3.09. The fourth-order valence-electron chi connectivity index (χ4n) is 2.26. The minimum atomic E-state index is -0.488. The minimum Gasteiger partial charge on any atom is -0.444 e. The highest BCUT2D eigenvalue weighted by Crippen LogP contribution is 2.22. The summed E-state index contributed by atoms with van der Waals surface area (Å²) in [6, 6.07) is -0.0378. The van der Waals surface area contributed by atoms with Crippen LogP contribution < -0.4 is 5.32 Å². The van der Waals surface area contributed by atoms with Gasteiger partial charge in [-0.3, -0.25) is 0 Å². The van der Waals surface area contributed by atoms with Crippen molar-refractivity contribution < 1.29 is 14.6 Å². The molecule has 0 spiro atoms. The van der Waals surface area contributed by atoms with Gasteiger partial charge in [-0.25, -0.2) is 4.79 Å². The van der Waals surface area contributed by atoms with Gasteiger partial charge in [-0.1, -0.05) is 11.6 Å². The van der Waals surface area contributed by atoms with E-state index in [9.17, 15) is 4.79 Å². The van der Waals surface area contributed by atoms with Crippen molar-refractivity contribution in [3.63, 3.8) is 0 Å². The Balaban J connectivity index is 2.47. The Kier molecular flexibility index (Phi) is 6.35. The Bertz CT molecular complexity index is 318. The van der Waals surface area contributed by atoms with Gasteiger partial charge in [0.15, 0.2) is 0 Å². The van der Waals surface area contributed by atoms with Gasteiger partial charge >= 0.3 is 6.09 Å². The lowest BCUT2D eigenvalue weighted by Gasteiger charge is -2.24. The lowest BCUT2D eigenvalue weighted by Crippen LogP contribution is -2.39. The Morgan fingerprint density at radius 3 is 2.74 bits per heavy atom. The highest BCUT2D eigenvalue weighted by atomic mass is 16.6. The number of aliphatic hydroxyl groups is 1. The van der Waals surface area contributed by atoms with E-state index in [1.165, 1.54) is 18.4 Å². The molecule has 0 radical (unpaired) electrons. The van der Waals surface area contributed by atoms with E-state index < -0.39 is 11.7 Å². The number of allylic oxidation sites excluding steroid dienone is 1. The van der Waals surface area contributed by atoms with Crippen molar-refractivity contribution in [3.8, 4) is 0 Å². The first-order chi connectivity index (χ1) is 8.90. The van der Waals surface area contributed by atoms with Gasteiger partial charge in [-0.05, 0) is 59.3 Å². The fraction of sp³-hybridized carbons (Fsp3) is 0.800. The van der Waals surface area contributed by atoms with Crippen molar-refractivity contribution in [3.05, 3.63) is 11.6 Å². The van der Waals surface area contributed by atoms with Crippen molar-refractivity contribution in [1.29, 1.82) is 0 Å². The topological polar surface area (TPSA) is 58.6 Å². The van der Waals surface area contributed by atoms with Crippen LogP contribution in [0.15, 0.2) is 11.6 Å². The van der Waals surface area contributed by atoms with Crippen molar-refractivity contribution in [2.24, 2.45) is 0 Å². The average Bonchev–Trinajstić information content (AvgIpc) is 2.27. The van der Waals surface area contributed by atoms with Gasteiger partial charge in [0.2, 0.25) is 0 Å². The van der Waals surface area contributed by atoms with E-state index in [4.69, 9.17) is 9.84 Å². The highest BCUT2D eigenvalue weighted by molar-refractivity contribution is 5.68. The van der Waals surface area contributed by atoms with Crippen LogP contribution in [0.4, 0.5) is 4.79 Å². The number of carbonyl (C=O) groups excluding carboxylic acids is 1. The number of alkyl carbamates (subject to hydrolysis) is 1. The Morgan fingerprint density at radius 2 is 2.21 bits per heavy atom. The van der Waals surface area contributed by atoms with Gasteiger partial charge in [-0.15, -0.1) is 0 Å². The maximum Gasteiger partial charge on any atom is 0.407 e. The van der Waals surface area contributed by atoms with Crippen LogP contribution in [0, 0.1) is 0 Å². The zero-order valence-electron chi connectivity index (χ0n) is 12.4. The molecular weight excluding hydrogens is 242 g/mol. The molecule has 2 N–H and O–H groups in total. The molecule has 110 valence electrons. The monoisotopic (exact) mass is 269 g/mol. The Morgan fingerprint density at radius 1 is 1.47 bits per heavy atom. The largest absolute Gasteiger partial charge is 0.444 e. The molecule has 19 heavy (non-hydrogen) atoms. The van der Waals surface area contributed by atoms with E-state index in [0.717, 1.165) is 19.3 Å². The summed E-state index contributed by atoms with van der Waals surface area (Å²) >= 11 is 0. The molecule has 0 aliphatic heterocycles.